The zero-order valence-corrected chi connectivity index (χ0v) is 13.3. The zero-order chi connectivity index (χ0) is 16.5. The van der Waals surface area contributed by atoms with E-state index in [1.165, 1.54) is 0 Å². The van der Waals surface area contributed by atoms with E-state index in [1.807, 2.05) is 66.4 Å². The van der Waals surface area contributed by atoms with Crippen molar-refractivity contribution in [1.29, 1.82) is 0 Å². The number of amides is 1. The molecule has 1 aliphatic rings. The Balaban J connectivity index is 1.44. The van der Waals surface area contributed by atoms with Crippen LogP contribution in [0.5, 0.6) is 0 Å². The van der Waals surface area contributed by atoms with E-state index in [9.17, 15) is 4.79 Å². The highest BCUT2D eigenvalue weighted by molar-refractivity contribution is 5.96. The molecule has 0 N–H and O–H groups in total. The second-order valence-electron chi connectivity index (χ2n) is 6.04. The van der Waals surface area contributed by atoms with Gasteiger partial charge in [-0.1, -0.05) is 53.7 Å². The van der Waals surface area contributed by atoms with Gasteiger partial charge in [-0.05, 0) is 18.6 Å². The number of benzene rings is 2. The van der Waals surface area contributed by atoms with Gasteiger partial charge in [0, 0.05) is 24.2 Å². The molecule has 2 aromatic carbocycles. The van der Waals surface area contributed by atoms with Crippen molar-refractivity contribution in [1.82, 2.24) is 15.0 Å². The summed E-state index contributed by atoms with van der Waals surface area (Å²) in [5.74, 6) is 1.37. The summed E-state index contributed by atoms with van der Waals surface area (Å²) in [7, 11) is 0. The number of aryl methyl sites for hydroxylation is 1. The van der Waals surface area contributed by atoms with Crippen LogP contribution in [-0.2, 0) is 0 Å². The summed E-state index contributed by atoms with van der Waals surface area (Å²) < 4.78 is 5.38. The number of hydrogen-bond acceptors (Lipinski definition) is 4. The Labute approximate surface area is 139 Å². The van der Waals surface area contributed by atoms with E-state index in [-0.39, 0.29) is 11.8 Å². The fraction of sp³-hybridized carbons (Fsp3) is 0.211. The fourth-order valence-corrected chi connectivity index (χ4v) is 2.89. The topological polar surface area (TPSA) is 59.2 Å². The Hall–Kier alpha value is -2.95. The highest BCUT2D eigenvalue weighted by Gasteiger charge is 2.36. The van der Waals surface area contributed by atoms with Gasteiger partial charge >= 0.3 is 0 Å². The lowest BCUT2D eigenvalue weighted by molar-refractivity contribution is 0.0568. The minimum atomic E-state index is 0.0622. The number of hydrogen-bond donors (Lipinski definition) is 0. The van der Waals surface area contributed by atoms with Crippen LogP contribution < -0.4 is 0 Å². The molecule has 0 bridgehead atoms. The zero-order valence-electron chi connectivity index (χ0n) is 13.3. The molecular weight excluding hydrogens is 302 g/mol. The van der Waals surface area contributed by atoms with E-state index in [0.717, 1.165) is 16.7 Å². The molecule has 2 heterocycles. The van der Waals surface area contributed by atoms with E-state index in [1.54, 1.807) is 0 Å². The van der Waals surface area contributed by atoms with Gasteiger partial charge in [0.25, 0.3) is 5.91 Å². The Morgan fingerprint density at radius 2 is 1.79 bits per heavy atom. The molecule has 1 aliphatic heterocycles. The number of carbonyl (C=O) groups excluding carboxylic acids is 1. The van der Waals surface area contributed by atoms with Crippen LogP contribution in [0.2, 0.25) is 0 Å². The third-order valence-corrected chi connectivity index (χ3v) is 4.37. The summed E-state index contributed by atoms with van der Waals surface area (Å²) >= 11 is 0. The molecule has 24 heavy (non-hydrogen) atoms. The van der Waals surface area contributed by atoms with Crippen molar-refractivity contribution in [2.75, 3.05) is 13.1 Å². The van der Waals surface area contributed by atoms with Crippen molar-refractivity contribution < 1.29 is 9.32 Å². The summed E-state index contributed by atoms with van der Waals surface area (Å²) in [6.45, 7) is 3.18. The van der Waals surface area contributed by atoms with Gasteiger partial charge in [-0.15, -0.1) is 0 Å². The molecule has 3 aromatic rings. The van der Waals surface area contributed by atoms with Gasteiger partial charge in [0.1, 0.15) is 0 Å². The molecule has 1 saturated heterocycles. The van der Waals surface area contributed by atoms with Crippen LogP contribution >= 0.6 is 0 Å². The highest BCUT2D eigenvalue weighted by atomic mass is 16.5. The van der Waals surface area contributed by atoms with E-state index < -0.39 is 0 Å². The second-order valence-corrected chi connectivity index (χ2v) is 6.04. The molecule has 5 nitrogen and oxygen atoms in total. The van der Waals surface area contributed by atoms with Gasteiger partial charge in [0.05, 0.1) is 5.92 Å². The first-order valence-electron chi connectivity index (χ1n) is 7.96. The van der Waals surface area contributed by atoms with Crippen LogP contribution in [-0.4, -0.2) is 34.0 Å². The van der Waals surface area contributed by atoms with Gasteiger partial charge in [-0.25, -0.2) is 0 Å². The number of nitrogens with zero attached hydrogens (tertiary/aromatic N) is 3. The summed E-state index contributed by atoms with van der Waals surface area (Å²) in [5.41, 5.74) is 2.68. The Morgan fingerprint density at radius 3 is 2.54 bits per heavy atom. The molecule has 0 atom stereocenters. The maximum absolute atomic E-state index is 12.5. The second kappa shape index (κ2) is 5.92. The predicted octanol–water partition coefficient (Wildman–Crippen LogP) is 3.28. The lowest BCUT2D eigenvalue weighted by Gasteiger charge is -2.37. The summed E-state index contributed by atoms with van der Waals surface area (Å²) in [6.07, 6.45) is 0. The Morgan fingerprint density at radius 1 is 1.08 bits per heavy atom. The first kappa shape index (κ1) is 14.6. The van der Waals surface area contributed by atoms with Crippen molar-refractivity contribution in [2.45, 2.75) is 12.8 Å². The van der Waals surface area contributed by atoms with Crippen molar-refractivity contribution >= 4 is 5.91 Å². The molecule has 1 amide bonds. The van der Waals surface area contributed by atoms with Crippen molar-refractivity contribution in [2.24, 2.45) is 0 Å². The highest BCUT2D eigenvalue weighted by Crippen LogP contribution is 2.29. The molecule has 5 heteroatoms. The molecule has 0 aliphatic carbocycles. The van der Waals surface area contributed by atoms with Crippen LogP contribution in [0.1, 0.15) is 27.7 Å². The molecule has 120 valence electrons. The van der Waals surface area contributed by atoms with E-state index in [0.29, 0.717) is 24.8 Å². The fourth-order valence-electron chi connectivity index (χ4n) is 2.89. The lowest BCUT2D eigenvalue weighted by Crippen LogP contribution is -2.48. The van der Waals surface area contributed by atoms with Crippen LogP contribution in [0.4, 0.5) is 0 Å². The first-order chi connectivity index (χ1) is 11.7. The number of likely N-dealkylation sites (tertiary alicyclic amines) is 1. The minimum absolute atomic E-state index is 0.0622. The normalized spacial score (nSPS) is 14.5. The van der Waals surface area contributed by atoms with Gasteiger partial charge in [0.2, 0.25) is 11.7 Å². The van der Waals surface area contributed by atoms with Crippen LogP contribution in [0.3, 0.4) is 0 Å². The van der Waals surface area contributed by atoms with Gasteiger partial charge in [0.15, 0.2) is 0 Å². The largest absolute Gasteiger partial charge is 0.339 e. The Kier molecular flexibility index (Phi) is 3.61. The number of aromatic nitrogens is 2. The third kappa shape index (κ3) is 2.58. The first-order valence-corrected chi connectivity index (χ1v) is 7.96. The molecule has 0 radical (unpaired) electrons. The number of carbonyl (C=O) groups is 1. The quantitative estimate of drug-likeness (QED) is 0.743. The summed E-state index contributed by atoms with van der Waals surface area (Å²) in [5, 5.41) is 4.04. The molecule has 0 unspecified atom stereocenters. The standard InChI is InChI=1S/C19H17N3O2/c1-13-7-5-6-10-16(13)19(23)22-11-15(12-22)18-20-17(21-24-18)14-8-3-2-4-9-14/h2-10,15H,11-12H2,1H3. The Bertz CT molecular complexity index is 867. The average molecular weight is 319 g/mol. The van der Waals surface area contributed by atoms with Crippen molar-refractivity contribution in [3.63, 3.8) is 0 Å². The van der Waals surface area contributed by atoms with Crippen molar-refractivity contribution in [3.05, 3.63) is 71.6 Å². The predicted molar refractivity (Wildman–Crippen MR) is 89.6 cm³/mol. The molecule has 1 fully saturated rings. The van der Waals surface area contributed by atoms with E-state index in [4.69, 9.17) is 4.52 Å². The lowest BCUT2D eigenvalue weighted by atomic mass is 9.97. The molecule has 1 aromatic heterocycles. The SMILES string of the molecule is Cc1ccccc1C(=O)N1CC(c2nc(-c3ccccc3)no2)C1. The van der Waals surface area contributed by atoms with Gasteiger partial charge < -0.3 is 9.42 Å². The van der Waals surface area contributed by atoms with E-state index >= 15 is 0 Å². The minimum Gasteiger partial charge on any atom is -0.339 e. The van der Waals surface area contributed by atoms with Crippen LogP contribution in [0, 0.1) is 6.92 Å². The van der Waals surface area contributed by atoms with Crippen LogP contribution in [0.25, 0.3) is 11.4 Å². The monoisotopic (exact) mass is 319 g/mol. The molecular formula is C19H17N3O2. The third-order valence-electron chi connectivity index (χ3n) is 4.37. The molecule has 0 saturated carbocycles. The smallest absolute Gasteiger partial charge is 0.254 e. The van der Waals surface area contributed by atoms with Crippen molar-refractivity contribution in [3.8, 4) is 11.4 Å². The molecule has 0 spiro atoms. The van der Waals surface area contributed by atoms with Gasteiger partial charge in [-0.2, -0.15) is 4.98 Å². The average Bonchev–Trinajstić information content (AvgIpc) is 3.04. The van der Waals surface area contributed by atoms with E-state index in [2.05, 4.69) is 10.1 Å². The van der Waals surface area contributed by atoms with Gasteiger partial charge in [-0.3, -0.25) is 4.79 Å². The van der Waals surface area contributed by atoms with Crippen LogP contribution in [0.15, 0.2) is 59.1 Å². The maximum atomic E-state index is 12.5. The summed E-state index contributed by atoms with van der Waals surface area (Å²) in [4.78, 5) is 18.8. The molecule has 4 rings (SSSR count). The number of rotatable bonds is 3. The summed E-state index contributed by atoms with van der Waals surface area (Å²) in [6, 6.07) is 17.4. The maximum Gasteiger partial charge on any atom is 0.254 e.